The predicted molar refractivity (Wildman–Crippen MR) is 123 cm³/mol. The Morgan fingerprint density at radius 3 is 2.33 bits per heavy atom. The number of nitrogens with zero attached hydrogens (tertiary/aromatic N) is 5. The molecule has 0 amide bonds. The molecule has 2 aromatic carbocycles. The zero-order valence-electron chi connectivity index (χ0n) is 18.8. The number of hydrogen-bond acceptors (Lipinski definition) is 4. The number of aromatic nitrogens is 5. The number of pyridine rings is 1. The van der Waals surface area contributed by atoms with Gasteiger partial charge in [-0.2, -0.15) is 23.4 Å². The van der Waals surface area contributed by atoms with Crippen LogP contribution in [0.1, 0.15) is 29.9 Å². The Balaban J connectivity index is 1.40. The van der Waals surface area contributed by atoms with E-state index in [1.807, 2.05) is 0 Å². The van der Waals surface area contributed by atoms with Crippen molar-refractivity contribution in [2.75, 3.05) is 0 Å². The molecule has 0 bridgehead atoms. The van der Waals surface area contributed by atoms with E-state index in [1.54, 1.807) is 47.3 Å². The molecule has 10 heteroatoms. The number of benzene rings is 2. The lowest BCUT2D eigenvalue weighted by Crippen LogP contribution is -2.09. The monoisotopic (exact) mass is 495 g/mol. The molecule has 182 valence electrons. The third-order valence-corrected chi connectivity index (χ3v) is 5.69. The second-order valence-corrected chi connectivity index (χ2v) is 8.24. The molecule has 0 radical (unpaired) electrons. The summed E-state index contributed by atoms with van der Waals surface area (Å²) in [6, 6.07) is 14.3. The summed E-state index contributed by atoms with van der Waals surface area (Å²) in [5.41, 5.74) is 0.777. The maximum Gasteiger partial charge on any atom is 0.417 e. The molecule has 2 aliphatic rings. The lowest BCUT2D eigenvalue weighted by Gasteiger charge is -2.15. The maximum absolute atomic E-state index is 14.1. The summed E-state index contributed by atoms with van der Waals surface area (Å²) >= 11 is 0. The quantitative estimate of drug-likeness (QED) is 0.253. The molecule has 0 N–H and O–H groups in total. The smallest absolute Gasteiger partial charge is 0.346 e. The zero-order chi connectivity index (χ0) is 25.4. The van der Waals surface area contributed by atoms with E-state index in [-0.39, 0.29) is 29.2 Å². The van der Waals surface area contributed by atoms with E-state index in [4.69, 9.17) is 0 Å². The number of hydrogen-bond donors (Lipinski definition) is 0. The second-order valence-electron chi connectivity index (χ2n) is 8.24. The van der Waals surface area contributed by atoms with Crippen LogP contribution in [0.4, 0.5) is 22.0 Å². The molecule has 3 heterocycles. The average molecular weight is 495 g/mol. The largest absolute Gasteiger partial charge is 0.417 e. The summed E-state index contributed by atoms with van der Waals surface area (Å²) < 4.78 is 70.2. The summed E-state index contributed by atoms with van der Waals surface area (Å²) in [6.45, 7) is 1.45. The summed E-state index contributed by atoms with van der Waals surface area (Å²) in [5.74, 6) is -0.141. The number of alkyl halides is 4. The van der Waals surface area contributed by atoms with Gasteiger partial charge in [-0.25, -0.2) is 18.7 Å². The molecule has 1 unspecified atom stereocenters. The summed E-state index contributed by atoms with van der Waals surface area (Å²) in [6.07, 6.45) is -2.73. The first-order valence-electron chi connectivity index (χ1n) is 11.0. The van der Waals surface area contributed by atoms with E-state index in [1.165, 1.54) is 31.2 Å². The normalized spacial score (nSPS) is 12.7. The van der Waals surface area contributed by atoms with Crippen molar-refractivity contribution < 1.29 is 22.0 Å². The van der Waals surface area contributed by atoms with Gasteiger partial charge in [0, 0.05) is 18.0 Å². The topological polar surface area (TPSA) is 56.5 Å². The highest BCUT2D eigenvalue weighted by Crippen LogP contribution is 2.38. The first-order valence-corrected chi connectivity index (χ1v) is 11.0. The van der Waals surface area contributed by atoms with Crippen molar-refractivity contribution in [1.82, 2.24) is 24.7 Å². The molecule has 0 fully saturated rings. The van der Waals surface area contributed by atoms with Crippen LogP contribution in [0.2, 0.25) is 0 Å². The highest BCUT2D eigenvalue weighted by Gasteiger charge is 2.34. The predicted octanol–water partition coefficient (Wildman–Crippen LogP) is 6.74. The Labute approximate surface area is 202 Å². The molecule has 36 heavy (non-hydrogen) atoms. The van der Waals surface area contributed by atoms with Gasteiger partial charge < -0.3 is 4.57 Å². The van der Waals surface area contributed by atoms with E-state index >= 15 is 0 Å². The van der Waals surface area contributed by atoms with Crippen LogP contribution < -0.4 is 0 Å². The molecule has 1 aromatic heterocycles. The molecule has 0 saturated heterocycles. The molecular formula is C26H18F5N5. The SMILES string of the molecule is CC(F)c1ccc(-c2ccc(Cn3ccc4nc(-c5ccccc5F)nc-4c3)nn2)c(C(F)(F)F)c1. The summed E-state index contributed by atoms with van der Waals surface area (Å²) in [7, 11) is 0. The number of imidazole rings is 1. The minimum absolute atomic E-state index is 0.0287. The van der Waals surface area contributed by atoms with Gasteiger partial charge in [0.2, 0.25) is 0 Å². The van der Waals surface area contributed by atoms with E-state index in [0.717, 1.165) is 6.07 Å². The molecule has 0 spiro atoms. The van der Waals surface area contributed by atoms with Crippen LogP contribution in [0.15, 0.2) is 73.1 Å². The van der Waals surface area contributed by atoms with Crippen LogP contribution in [-0.4, -0.2) is 24.7 Å². The summed E-state index contributed by atoms with van der Waals surface area (Å²) in [5, 5.41) is 8.06. The summed E-state index contributed by atoms with van der Waals surface area (Å²) in [4.78, 5) is 8.79. The van der Waals surface area contributed by atoms with Gasteiger partial charge in [-0.3, -0.25) is 0 Å². The van der Waals surface area contributed by atoms with Crippen LogP contribution in [0, 0.1) is 5.82 Å². The number of fused-ring (bicyclic) bond motifs is 1. The maximum atomic E-state index is 14.1. The molecule has 0 saturated carbocycles. The molecule has 3 aromatic rings. The van der Waals surface area contributed by atoms with Crippen LogP contribution in [0.5, 0.6) is 0 Å². The molecular weight excluding hydrogens is 477 g/mol. The van der Waals surface area contributed by atoms with E-state index in [2.05, 4.69) is 20.2 Å². The fourth-order valence-electron chi connectivity index (χ4n) is 3.86. The van der Waals surface area contributed by atoms with Crippen molar-refractivity contribution in [1.29, 1.82) is 0 Å². The first-order chi connectivity index (χ1) is 17.2. The van der Waals surface area contributed by atoms with E-state index in [0.29, 0.717) is 22.6 Å². The third-order valence-electron chi connectivity index (χ3n) is 5.69. The van der Waals surface area contributed by atoms with Gasteiger partial charge in [-0.15, -0.1) is 0 Å². The standard InChI is InChI=1S/C26H18F5N5/c1-15(27)16-6-8-18(20(12-16)26(29,30)31)22-9-7-17(34-35-22)13-36-11-10-23-24(14-36)33-25(32-23)19-4-2-3-5-21(19)28/h2-12,14-15H,13H2,1H3. The van der Waals surface area contributed by atoms with E-state index < -0.39 is 23.7 Å². The van der Waals surface area contributed by atoms with Gasteiger partial charge in [0.05, 0.1) is 34.8 Å². The third kappa shape index (κ3) is 4.66. The van der Waals surface area contributed by atoms with Gasteiger partial charge in [0.15, 0.2) is 5.82 Å². The lowest BCUT2D eigenvalue weighted by molar-refractivity contribution is -0.137. The Morgan fingerprint density at radius 1 is 0.861 bits per heavy atom. The Morgan fingerprint density at radius 2 is 1.64 bits per heavy atom. The highest BCUT2D eigenvalue weighted by atomic mass is 19.4. The zero-order valence-corrected chi connectivity index (χ0v) is 18.8. The van der Waals surface area contributed by atoms with E-state index in [9.17, 15) is 22.0 Å². The van der Waals surface area contributed by atoms with Crippen molar-refractivity contribution in [3.05, 3.63) is 95.7 Å². The number of halogens is 5. The van der Waals surface area contributed by atoms with Gasteiger partial charge in [0.1, 0.15) is 17.7 Å². The fraction of sp³-hybridized carbons (Fsp3) is 0.154. The van der Waals surface area contributed by atoms with Crippen LogP contribution >= 0.6 is 0 Å². The van der Waals surface area contributed by atoms with Gasteiger partial charge >= 0.3 is 6.18 Å². The van der Waals surface area contributed by atoms with Crippen LogP contribution in [-0.2, 0) is 12.7 Å². The van der Waals surface area contributed by atoms with Crippen molar-refractivity contribution in [2.45, 2.75) is 25.8 Å². The highest BCUT2D eigenvalue weighted by molar-refractivity contribution is 5.66. The molecule has 5 nitrogen and oxygen atoms in total. The van der Waals surface area contributed by atoms with Crippen molar-refractivity contribution in [2.24, 2.45) is 0 Å². The molecule has 0 aliphatic carbocycles. The average Bonchev–Trinajstić information content (AvgIpc) is 3.27. The number of rotatable bonds is 5. The van der Waals surface area contributed by atoms with Crippen molar-refractivity contribution >= 4 is 0 Å². The van der Waals surface area contributed by atoms with Crippen LogP contribution in [0.3, 0.4) is 0 Å². The Kier molecular flexibility index (Phi) is 5.95. The van der Waals surface area contributed by atoms with Gasteiger partial charge in [-0.1, -0.05) is 24.3 Å². The van der Waals surface area contributed by atoms with Crippen molar-refractivity contribution in [3.63, 3.8) is 0 Å². The molecule has 2 aliphatic heterocycles. The second kappa shape index (κ2) is 9.10. The first kappa shape index (κ1) is 23.5. The minimum Gasteiger partial charge on any atom is -0.346 e. The van der Waals surface area contributed by atoms with Gasteiger partial charge in [-0.05, 0) is 48.9 Å². The fourth-order valence-corrected chi connectivity index (χ4v) is 3.86. The van der Waals surface area contributed by atoms with Crippen LogP contribution in [0.25, 0.3) is 34.0 Å². The minimum atomic E-state index is -4.67. The molecule has 1 atom stereocenters. The van der Waals surface area contributed by atoms with Gasteiger partial charge in [0.25, 0.3) is 0 Å². The Hall–Kier alpha value is -4.21. The lowest BCUT2D eigenvalue weighted by atomic mass is 9.99. The van der Waals surface area contributed by atoms with Crippen molar-refractivity contribution in [3.8, 4) is 34.0 Å². The Bertz CT molecular complexity index is 1490. The molecule has 5 rings (SSSR count).